The van der Waals surface area contributed by atoms with E-state index in [4.69, 9.17) is 0 Å². The lowest BCUT2D eigenvalue weighted by molar-refractivity contribution is -0.118. The van der Waals surface area contributed by atoms with Gasteiger partial charge in [0.15, 0.2) is 0 Å². The molecule has 0 radical (unpaired) electrons. The van der Waals surface area contributed by atoms with Gasteiger partial charge in [0.25, 0.3) is 0 Å². The monoisotopic (exact) mass is 269 g/mol. The van der Waals surface area contributed by atoms with Crippen LogP contribution in [0.5, 0.6) is 0 Å². The maximum absolute atomic E-state index is 12.1. The van der Waals surface area contributed by atoms with Crippen LogP contribution in [0.3, 0.4) is 0 Å². The van der Waals surface area contributed by atoms with Gasteiger partial charge < -0.3 is 5.32 Å². The number of Topliss-reactive ketones (excluding diaryl/α,β-unsaturated/α-hetero) is 1. The molecule has 2 aromatic rings. The van der Waals surface area contributed by atoms with Crippen LogP contribution in [0.1, 0.15) is 32.8 Å². The molecule has 0 unspecified atom stereocenters. The van der Waals surface area contributed by atoms with Gasteiger partial charge in [0, 0.05) is 24.9 Å². The Morgan fingerprint density at radius 3 is 2.50 bits per heavy atom. The van der Waals surface area contributed by atoms with Crippen LogP contribution in [-0.4, -0.2) is 17.9 Å². The average Bonchev–Trinajstić information content (AvgIpc) is 2.37. The maximum Gasteiger partial charge on any atom is 0.138 e. The Morgan fingerprint density at radius 1 is 1.05 bits per heavy atom. The van der Waals surface area contributed by atoms with Crippen molar-refractivity contribution < 1.29 is 4.79 Å². The fraction of sp³-hybridized carbons (Fsp3) is 0.389. The van der Waals surface area contributed by atoms with E-state index in [0.717, 1.165) is 12.1 Å². The summed E-state index contributed by atoms with van der Waals surface area (Å²) in [6.45, 7) is 7.08. The lowest BCUT2D eigenvalue weighted by atomic mass is 9.99. The molecular formula is C18H23NO. The van der Waals surface area contributed by atoms with Crippen LogP contribution in [0, 0.1) is 0 Å². The molecule has 0 heterocycles. The van der Waals surface area contributed by atoms with Crippen molar-refractivity contribution in [2.75, 3.05) is 6.54 Å². The highest BCUT2D eigenvalue weighted by Gasteiger charge is 2.11. The molecule has 0 aliphatic carbocycles. The summed E-state index contributed by atoms with van der Waals surface area (Å²) in [6, 6.07) is 14.4. The third kappa shape index (κ3) is 4.17. The van der Waals surface area contributed by atoms with Crippen molar-refractivity contribution in [1.82, 2.24) is 5.32 Å². The number of carbonyl (C=O) groups is 1. The molecule has 0 saturated carbocycles. The Bertz CT molecular complexity index is 590. The van der Waals surface area contributed by atoms with Crippen molar-refractivity contribution in [3.63, 3.8) is 0 Å². The topological polar surface area (TPSA) is 29.1 Å². The Labute approximate surface area is 121 Å². The highest BCUT2D eigenvalue weighted by Crippen LogP contribution is 2.19. The summed E-state index contributed by atoms with van der Waals surface area (Å²) >= 11 is 0. The van der Waals surface area contributed by atoms with Crippen LogP contribution in [0.25, 0.3) is 10.8 Å². The minimum Gasteiger partial charge on any atom is -0.312 e. The molecule has 0 fully saturated rings. The molecule has 0 saturated heterocycles. The van der Waals surface area contributed by atoms with Crippen LogP contribution in [0.2, 0.25) is 0 Å². The molecule has 0 bridgehead atoms. The van der Waals surface area contributed by atoms with E-state index in [0.29, 0.717) is 12.8 Å². The predicted molar refractivity (Wildman–Crippen MR) is 85.0 cm³/mol. The number of nitrogens with one attached hydrogen (secondary N) is 1. The van der Waals surface area contributed by atoms with Crippen molar-refractivity contribution >= 4 is 16.6 Å². The molecule has 0 aliphatic rings. The average molecular weight is 269 g/mol. The zero-order valence-electron chi connectivity index (χ0n) is 12.6. The Kier molecular flexibility index (Phi) is 4.56. The zero-order chi connectivity index (χ0) is 14.6. The van der Waals surface area contributed by atoms with Crippen molar-refractivity contribution in [3.8, 4) is 0 Å². The molecule has 1 N–H and O–H groups in total. The van der Waals surface area contributed by atoms with Crippen LogP contribution in [-0.2, 0) is 11.2 Å². The number of ketones is 1. The molecule has 2 nitrogen and oxygen atoms in total. The fourth-order valence-electron chi connectivity index (χ4n) is 2.32. The molecular weight excluding hydrogens is 246 g/mol. The van der Waals surface area contributed by atoms with Gasteiger partial charge in [-0.05, 0) is 37.1 Å². The molecule has 2 aromatic carbocycles. The summed E-state index contributed by atoms with van der Waals surface area (Å²) in [5, 5.41) is 5.74. The second-order valence-electron chi connectivity index (χ2n) is 6.28. The van der Waals surface area contributed by atoms with Gasteiger partial charge in [-0.2, -0.15) is 0 Å². The minimum absolute atomic E-state index is 0.0692. The van der Waals surface area contributed by atoms with Gasteiger partial charge in [-0.3, -0.25) is 4.79 Å². The van der Waals surface area contributed by atoms with Gasteiger partial charge in [-0.1, -0.05) is 42.5 Å². The molecule has 0 aliphatic heterocycles. The SMILES string of the molecule is CC(C)(C)NCCC(=O)Cc1cccc2ccccc12. The lowest BCUT2D eigenvalue weighted by Crippen LogP contribution is -2.37. The lowest BCUT2D eigenvalue weighted by Gasteiger charge is -2.20. The normalized spacial score (nSPS) is 11.8. The summed E-state index contributed by atoms with van der Waals surface area (Å²) in [7, 11) is 0. The van der Waals surface area contributed by atoms with Crippen LogP contribution in [0.15, 0.2) is 42.5 Å². The van der Waals surface area contributed by atoms with E-state index >= 15 is 0 Å². The smallest absolute Gasteiger partial charge is 0.138 e. The number of rotatable bonds is 5. The second kappa shape index (κ2) is 6.19. The van der Waals surface area contributed by atoms with Gasteiger partial charge >= 0.3 is 0 Å². The predicted octanol–water partition coefficient (Wildman–Crippen LogP) is 3.73. The third-order valence-electron chi connectivity index (χ3n) is 3.33. The largest absolute Gasteiger partial charge is 0.312 e. The van der Waals surface area contributed by atoms with Crippen molar-refractivity contribution in [2.24, 2.45) is 0 Å². The fourth-order valence-corrected chi connectivity index (χ4v) is 2.32. The van der Waals surface area contributed by atoms with Gasteiger partial charge in [0.2, 0.25) is 0 Å². The Balaban J connectivity index is 2.00. The molecule has 2 rings (SSSR count). The van der Waals surface area contributed by atoms with E-state index in [-0.39, 0.29) is 11.3 Å². The number of hydrogen-bond acceptors (Lipinski definition) is 2. The Hall–Kier alpha value is -1.67. The van der Waals surface area contributed by atoms with Gasteiger partial charge in [-0.25, -0.2) is 0 Å². The van der Waals surface area contributed by atoms with Crippen LogP contribution >= 0.6 is 0 Å². The first-order valence-corrected chi connectivity index (χ1v) is 7.19. The molecule has 20 heavy (non-hydrogen) atoms. The Morgan fingerprint density at radius 2 is 1.75 bits per heavy atom. The molecule has 0 spiro atoms. The quantitative estimate of drug-likeness (QED) is 0.896. The zero-order valence-corrected chi connectivity index (χ0v) is 12.6. The number of fused-ring (bicyclic) bond motifs is 1. The second-order valence-corrected chi connectivity index (χ2v) is 6.28. The summed E-state index contributed by atoms with van der Waals surface area (Å²) < 4.78 is 0. The van der Waals surface area contributed by atoms with E-state index in [1.54, 1.807) is 0 Å². The van der Waals surface area contributed by atoms with Crippen molar-refractivity contribution in [1.29, 1.82) is 0 Å². The van der Waals surface area contributed by atoms with Gasteiger partial charge in [-0.15, -0.1) is 0 Å². The van der Waals surface area contributed by atoms with Crippen LogP contribution in [0.4, 0.5) is 0 Å². The summed E-state index contributed by atoms with van der Waals surface area (Å²) in [6.07, 6.45) is 1.10. The minimum atomic E-state index is 0.0692. The van der Waals surface area contributed by atoms with Gasteiger partial charge in [0.1, 0.15) is 5.78 Å². The standard InChI is InChI=1S/C18H23NO/c1-18(2,3)19-12-11-16(20)13-15-9-6-8-14-7-4-5-10-17(14)15/h4-10,19H,11-13H2,1-3H3. The van der Waals surface area contributed by atoms with E-state index < -0.39 is 0 Å². The summed E-state index contributed by atoms with van der Waals surface area (Å²) in [5.41, 5.74) is 1.20. The van der Waals surface area contributed by atoms with E-state index in [1.165, 1.54) is 10.8 Å². The molecule has 0 atom stereocenters. The highest BCUT2D eigenvalue weighted by atomic mass is 16.1. The molecule has 106 valence electrons. The van der Waals surface area contributed by atoms with E-state index in [2.05, 4.69) is 50.4 Å². The number of benzene rings is 2. The first-order valence-electron chi connectivity index (χ1n) is 7.19. The van der Waals surface area contributed by atoms with E-state index in [9.17, 15) is 4.79 Å². The summed E-state index contributed by atoms with van der Waals surface area (Å²) in [4.78, 5) is 12.1. The molecule has 0 amide bonds. The maximum atomic E-state index is 12.1. The highest BCUT2D eigenvalue weighted by molar-refractivity contribution is 5.90. The van der Waals surface area contributed by atoms with E-state index in [1.807, 2.05) is 18.2 Å². The number of hydrogen-bond donors (Lipinski definition) is 1. The third-order valence-corrected chi connectivity index (χ3v) is 3.33. The van der Waals surface area contributed by atoms with Gasteiger partial charge in [0.05, 0.1) is 0 Å². The molecule has 0 aromatic heterocycles. The van der Waals surface area contributed by atoms with Crippen LogP contribution < -0.4 is 5.32 Å². The number of carbonyl (C=O) groups excluding carboxylic acids is 1. The van der Waals surface area contributed by atoms with Crippen molar-refractivity contribution in [3.05, 3.63) is 48.0 Å². The van der Waals surface area contributed by atoms with Crippen molar-refractivity contribution in [2.45, 2.75) is 39.2 Å². The first kappa shape index (κ1) is 14.7. The molecule has 2 heteroatoms. The first-order chi connectivity index (χ1) is 9.46. The summed E-state index contributed by atoms with van der Waals surface area (Å²) in [5.74, 6) is 0.290.